The molecule has 1 aliphatic rings. The summed E-state index contributed by atoms with van der Waals surface area (Å²) < 4.78 is 25.9. The molecule has 166 valence electrons. The van der Waals surface area contributed by atoms with Crippen LogP contribution in [0.5, 0.6) is 0 Å². The van der Waals surface area contributed by atoms with Crippen LogP contribution in [0.25, 0.3) is 16.7 Å². The summed E-state index contributed by atoms with van der Waals surface area (Å²) in [6, 6.07) is 7.66. The quantitative estimate of drug-likeness (QED) is 0.453. The molecule has 1 aromatic carbocycles. The van der Waals surface area contributed by atoms with Gasteiger partial charge in [0.05, 0.1) is 21.3 Å². The van der Waals surface area contributed by atoms with E-state index in [1.165, 1.54) is 54.6 Å². The molecule has 0 fully saturated rings. The number of rotatable bonds is 7. The van der Waals surface area contributed by atoms with Crippen molar-refractivity contribution in [1.29, 1.82) is 0 Å². The molecule has 0 saturated heterocycles. The molecule has 3 aromatic rings. The van der Waals surface area contributed by atoms with Crippen molar-refractivity contribution in [2.75, 3.05) is 17.7 Å². The van der Waals surface area contributed by atoms with Crippen molar-refractivity contribution in [2.45, 2.75) is 63.8 Å². The van der Waals surface area contributed by atoms with Gasteiger partial charge in [-0.1, -0.05) is 38.3 Å². The van der Waals surface area contributed by atoms with Crippen LogP contribution in [0, 0.1) is 6.92 Å². The van der Waals surface area contributed by atoms with Crippen LogP contribution in [0.1, 0.15) is 50.8 Å². The third-order valence-electron chi connectivity index (χ3n) is 6.16. The molecule has 0 bridgehead atoms. The van der Waals surface area contributed by atoms with Crippen molar-refractivity contribution in [3.63, 3.8) is 0 Å². The Morgan fingerprint density at radius 3 is 2.45 bits per heavy atom. The molecule has 0 unspecified atom stereocenters. The van der Waals surface area contributed by atoms with Crippen LogP contribution in [0.15, 0.2) is 35.4 Å². The van der Waals surface area contributed by atoms with Crippen molar-refractivity contribution in [1.82, 2.24) is 9.55 Å². The van der Waals surface area contributed by atoms with E-state index in [2.05, 4.69) is 31.0 Å². The van der Waals surface area contributed by atoms with Gasteiger partial charge in [0, 0.05) is 36.1 Å². The molecule has 0 radical (unpaired) electrons. The van der Waals surface area contributed by atoms with Crippen LogP contribution in [-0.2, 0) is 16.3 Å². The fourth-order valence-electron chi connectivity index (χ4n) is 4.78. The summed E-state index contributed by atoms with van der Waals surface area (Å²) in [7, 11) is -3.31. The number of aromatic nitrogens is 2. The molecule has 4 rings (SSSR count). The van der Waals surface area contributed by atoms with E-state index in [0.717, 1.165) is 30.0 Å². The van der Waals surface area contributed by atoms with Crippen LogP contribution in [0.4, 0.5) is 5.69 Å². The normalized spacial score (nSPS) is 14.1. The van der Waals surface area contributed by atoms with Gasteiger partial charge in [-0.3, -0.25) is 4.57 Å². The zero-order chi connectivity index (χ0) is 22.3. The minimum Gasteiger partial charge on any atom is -0.368 e. The van der Waals surface area contributed by atoms with Crippen LogP contribution in [0.2, 0.25) is 5.02 Å². The fourth-order valence-corrected chi connectivity index (χ4v) is 5.76. The summed E-state index contributed by atoms with van der Waals surface area (Å²) in [4.78, 5) is 7.67. The SMILES string of the molecule is CCCC(CCC)N1CCc2cn(-c3ccc(S(C)(=O)=O)cc3Cl)c3nc(C)cc1c23. The second-order valence-electron chi connectivity index (χ2n) is 8.57. The third-order valence-corrected chi connectivity index (χ3v) is 7.58. The Bertz CT molecular complexity index is 1230. The lowest BCUT2D eigenvalue weighted by Gasteiger charge is -2.37. The summed E-state index contributed by atoms with van der Waals surface area (Å²) >= 11 is 6.56. The maximum absolute atomic E-state index is 11.9. The number of pyridine rings is 1. The van der Waals surface area contributed by atoms with Gasteiger partial charge in [0.15, 0.2) is 9.84 Å². The predicted octanol–water partition coefficient (Wildman–Crippen LogP) is 5.72. The van der Waals surface area contributed by atoms with Gasteiger partial charge in [0.25, 0.3) is 0 Å². The van der Waals surface area contributed by atoms with Gasteiger partial charge in [-0.25, -0.2) is 13.4 Å². The third kappa shape index (κ3) is 4.08. The summed E-state index contributed by atoms with van der Waals surface area (Å²) in [5.41, 5.74) is 5.13. The number of hydrogen-bond donors (Lipinski definition) is 0. The largest absolute Gasteiger partial charge is 0.368 e. The first-order valence-electron chi connectivity index (χ1n) is 11.0. The standard InChI is InChI=1S/C24H30ClN3O2S/c1-5-7-18(8-6-2)27-12-11-17-15-28(24-23(17)22(27)13-16(3)26-24)21-10-9-19(14-20(21)25)31(4,29)30/h9-10,13-15,18H,5-8,11-12H2,1-4H3. The van der Waals surface area contributed by atoms with Gasteiger partial charge >= 0.3 is 0 Å². The van der Waals surface area contributed by atoms with Crippen LogP contribution in [0.3, 0.4) is 0 Å². The molecule has 31 heavy (non-hydrogen) atoms. The molecule has 0 amide bonds. The summed E-state index contributed by atoms with van der Waals surface area (Å²) in [5.74, 6) is 0. The number of benzene rings is 1. The van der Waals surface area contributed by atoms with Crippen molar-refractivity contribution in [3.8, 4) is 5.69 Å². The number of anilines is 1. The van der Waals surface area contributed by atoms with E-state index in [1.807, 2.05) is 11.5 Å². The highest BCUT2D eigenvalue weighted by Gasteiger charge is 2.28. The van der Waals surface area contributed by atoms with Crippen molar-refractivity contribution < 1.29 is 8.42 Å². The highest BCUT2D eigenvalue weighted by Crippen LogP contribution is 2.39. The van der Waals surface area contributed by atoms with E-state index >= 15 is 0 Å². The lowest BCUT2D eigenvalue weighted by molar-refractivity contribution is 0.502. The second-order valence-corrected chi connectivity index (χ2v) is 11.0. The number of halogens is 1. The number of nitrogens with zero attached hydrogens (tertiary/aromatic N) is 3. The zero-order valence-electron chi connectivity index (χ0n) is 18.7. The van der Waals surface area contributed by atoms with Gasteiger partial charge in [-0.2, -0.15) is 0 Å². The summed E-state index contributed by atoms with van der Waals surface area (Å²) in [6.07, 6.45) is 8.99. The monoisotopic (exact) mass is 459 g/mol. The van der Waals surface area contributed by atoms with Crippen molar-refractivity contribution in [3.05, 3.63) is 46.7 Å². The molecule has 0 N–H and O–H groups in total. The Morgan fingerprint density at radius 2 is 1.84 bits per heavy atom. The zero-order valence-corrected chi connectivity index (χ0v) is 20.2. The number of hydrogen-bond acceptors (Lipinski definition) is 4. The van der Waals surface area contributed by atoms with E-state index in [-0.39, 0.29) is 4.90 Å². The Morgan fingerprint density at radius 1 is 1.13 bits per heavy atom. The predicted molar refractivity (Wildman–Crippen MR) is 129 cm³/mol. The van der Waals surface area contributed by atoms with E-state index in [1.54, 1.807) is 12.1 Å². The maximum atomic E-state index is 11.9. The van der Waals surface area contributed by atoms with Gasteiger partial charge < -0.3 is 4.90 Å². The highest BCUT2D eigenvalue weighted by molar-refractivity contribution is 7.90. The first kappa shape index (κ1) is 22.2. The Labute approximate surface area is 190 Å². The Hall–Kier alpha value is -2.05. The fraction of sp³-hybridized carbons (Fsp3) is 0.458. The molecule has 5 nitrogen and oxygen atoms in total. The van der Waals surface area contributed by atoms with Gasteiger partial charge in [-0.05, 0) is 56.0 Å². The van der Waals surface area contributed by atoms with E-state index in [0.29, 0.717) is 11.1 Å². The summed E-state index contributed by atoms with van der Waals surface area (Å²) in [5, 5.41) is 1.60. The number of aryl methyl sites for hydroxylation is 1. The molecule has 7 heteroatoms. The topological polar surface area (TPSA) is 55.2 Å². The molecule has 3 heterocycles. The molecule has 2 aromatic heterocycles. The molecular formula is C24H30ClN3O2S. The lowest BCUT2D eigenvalue weighted by atomic mass is 9.98. The highest BCUT2D eigenvalue weighted by atomic mass is 35.5. The first-order chi connectivity index (χ1) is 14.7. The Balaban J connectivity index is 1.88. The average Bonchev–Trinajstić information content (AvgIpc) is 3.06. The molecule has 0 atom stereocenters. The first-order valence-corrected chi connectivity index (χ1v) is 13.3. The Kier molecular flexibility index (Phi) is 6.05. The van der Waals surface area contributed by atoms with E-state index in [9.17, 15) is 8.42 Å². The van der Waals surface area contributed by atoms with Gasteiger partial charge in [-0.15, -0.1) is 0 Å². The van der Waals surface area contributed by atoms with Crippen molar-refractivity contribution in [2.24, 2.45) is 0 Å². The average molecular weight is 460 g/mol. The van der Waals surface area contributed by atoms with Crippen molar-refractivity contribution >= 4 is 38.2 Å². The molecule has 1 aliphatic heterocycles. The minimum absolute atomic E-state index is 0.222. The van der Waals surface area contributed by atoms with Gasteiger partial charge in [0.2, 0.25) is 0 Å². The van der Waals surface area contributed by atoms with Crippen LogP contribution < -0.4 is 4.90 Å². The van der Waals surface area contributed by atoms with E-state index < -0.39 is 9.84 Å². The smallest absolute Gasteiger partial charge is 0.175 e. The van der Waals surface area contributed by atoms with E-state index in [4.69, 9.17) is 16.6 Å². The lowest BCUT2D eigenvalue weighted by Crippen LogP contribution is -2.38. The second kappa shape index (κ2) is 8.47. The molecule has 0 saturated carbocycles. The van der Waals surface area contributed by atoms with Crippen LogP contribution >= 0.6 is 11.6 Å². The van der Waals surface area contributed by atoms with Gasteiger partial charge in [0.1, 0.15) is 5.65 Å². The molecule has 0 spiro atoms. The van der Waals surface area contributed by atoms with Crippen LogP contribution in [-0.4, -0.2) is 36.8 Å². The number of sulfone groups is 1. The molecular weight excluding hydrogens is 430 g/mol. The minimum atomic E-state index is -3.31. The maximum Gasteiger partial charge on any atom is 0.175 e. The summed E-state index contributed by atoms with van der Waals surface area (Å²) in [6.45, 7) is 7.54. The molecule has 0 aliphatic carbocycles.